The van der Waals surface area contributed by atoms with E-state index in [1.807, 2.05) is 37.2 Å². The summed E-state index contributed by atoms with van der Waals surface area (Å²) in [5.74, 6) is -0.541. The van der Waals surface area contributed by atoms with Crippen LogP contribution in [0.4, 0.5) is 11.4 Å². The highest BCUT2D eigenvalue weighted by Gasteiger charge is 2.57. The summed E-state index contributed by atoms with van der Waals surface area (Å²) < 4.78 is 11.7. The number of fused-ring (bicyclic) bond motifs is 1. The van der Waals surface area contributed by atoms with Crippen LogP contribution >= 0.6 is 0 Å². The molecule has 6 rings (SSSR count). The molecule has 228 valence electrons. The number of allylic oxidation sites excluding steroid dienone is 1. The fourth-order valence-electron chi connectivity index (χ4n) is 5.63. The Hall–Kier alpha value is -4.58. The smallest absolute Gasteiger partial charge is 0.330 e. The topological polar surface area (TPSA) is 155 Å². The predicted octanol–water partition coefficient (Wildman–Crippen LogP) is 2.37. The lowest BCUT2D eigenvalue weighted by molar-refractivity contribution is -0.135. The molecular formula is C31H37N5O7. The summed E-state index contributed by atoms with van der Waals surface area (Å²) in [6.07, 6.45) is 6.46. The molecule has 43 heavy (non-hydrogen) atoms. The minimum absolute atomic E-state index is 0.0602. The molecule has 3 saturated carbocycles. The third-order valence-electron chi connectivity index (χ3n) is 8.12. The van der Waals surface area contributed by atoms with E-state index in [-0.39, 0.29) is 35.9 Å². The van der Waals surface area contributed by atoms with Crippen LogP contribution in [0.1, 0.15) is 42.7 Å². The van der Waals surface area contributed by atoms with Gasteiger partial charge in [0.15, 0.2) is 5.76 Å². The molecule has 2 atom stereocenters. The van der Waals surface area contributed by atoms with Crippen molar-refractivity contribution in [2.75, 3.05) is 31.4 Å². The second kappa shape index (κ2) is 12.3. The van der Waals surface area contributed by atoms with Gasteiger partial charge in [-0.3, -0.25) is 14.4 Å². The predicted molar refractivity (Wildman–Crippen MR) is 161 cm³/mol. The number of furan rings is 1. The number of aliphatic hydroxyl groups excluding tert-OH is 1. The first-order valence-corrected chi connectivity index (χ1v) is 14.3. The molecule has 4 N–H and O–H groups in total. The van der Waals surface area contributed by atoms with E-state index in [0.29, 0.717) is 17.9 Å². The van der Waals surface area contributed by atoms with E-state index in [2.05, 4.69) is 20.7 Å². The van der Waals surface area contributed by atoms with Gasteiger partial charge in [0, 0.05) is 49.0 Å². The molecule has 3 aliphatic carbocycles. The van der Waals surface area contributed by atoms with Crippen molar-refractivity contribution >= 4 is 40.1 Å². The van der Waals surface area contributed by atoms with Crippen LogP contribution in [0, 0.1) is 5.92 Å². The third-order valence-corrected chi connectivity index (χ3v) is 8.12. The number of nitrogens with zero attached hydrogens (tertiary/aromatic N) is 2. The minimum Gasteiger partial charge on any atom is -0.466 e. The van der Waals surface area contributed by atoms with Crippen LogP contribution in [-0.2, 0) is 20.9 Å². The van der Waals surface area contributed by atoms with Gasteiger partial charge in [-0.15, -0.1) is 0 Å². The van der Waals surface area contributed by atoms with Gasteiger partial charge in [0.2, 0.25) is 5.91 Å². The number of esters is 1. The number of hydrogen-bond donors (Lipinski definition) is 4. The Morgan fingerprint density at radius 1 is 1.21 bits per heavy atom. The van der Waals surface area contributed by atoms with E-state index < -0.39 is 29.7 Å². The molecule has 1 aromatic carbocycles. The summed E-state index contributed by atoms with van der Waals surface area (Å²) in [4.78, 5) is 52.3. The molecule has 0 radical (unpaired) electrons. The van der Waals surface area contributed by atoms with E-state index in [4.69, 9.17) is 4.42 Å². The summed E-state index contributed by atoms with van der Waals surface area (Å²) in [5, 5.41) is 20.5. The number of rotatable bonds is 13. The molecular weight excluding hydrogens is 554 g/mol. The normalized spacial score (nSPS) is 20.0. The number of methoxy groups -OCH3 is 1. The van der Waals surface area contributed by atoms with Gasteiger partial charge in [-0.05, 0) is 68.4 Å². The van der Waals surface area contributed by atoms with Crippen LogP contribution in [0.25, 0.3) is 11.0 Å². The number of aromatic nitrogens is 1. The summed E-state index contributed by atoms with van der Waals surface area (Å²) in [6.45, 7) is -0.142. The lowest BCUT2D eigenvalue weighted by Gasteiger charge is -2.61. The molecule has 3 fully saturated rings. The zero-order chi connectivity index (χ0) is 30.7. The highest BCUT2D eigenvalue weighted by Crippen LogP contribution is 2.56. The molecule has 3 aliphatic rings. The van der Waals surface area contributed by atoms with Crippen molar-refractivity contribution in [1.82, 2.24) is 15.2 Å². The monoisotopic (exact) mass is 591 g/mol. The maximum atomic E-state index is 13.2. The van der Waals surface area contributed by atoms with Crippen molar-refractivity contribution in [2.24, 2.45) is 5.92 Å². The summed E-state index contributed by atoms with van der Waals surface area (Å²) in [7, 11) is 5.07. The van der Waals surface area contributed by atoms with Gasteiger partial charge in [-0.2, -0.15) is 0 Å². The number of nitrogens with one attached hydrogen (secondary N) is 3. The van der Waals surface area contributed by atoms with Gasteiger partial charge in [-0.25, -0.2) is 4.79 Å². The first-order chi connectivity index (χ1) is 20.6. The molecule has 0 spiro atoms. The van der Waals surface area contributed by atoms with E-state index >= 15 is 0 Å². The molecule has 3 aromatic rings. The second-order valence-electron chi connectivity index (χ2n) is 11.6. The van der Waals surface area contributed by atoms with E-state index in [0.717, 1.165) is 30.3 Å². The highest BCUT2D eigenvalue weighted by atomic mass is 16.5. The summed E-state index contributed by atoms with van der Waals surface area (Å²) in [5.41, 5.74) is 0.931. The lowest BCUT2D eigenvalue weighted by atomic mass is 9.50. The summed E-state index contributed by atoms with van der Waals surface area (Å²) >= 11 is 0. The first kappa shape index (κ1) is 29.9. The molecule has 12 nitrogen and oxygen atoms in total. The van der Waals surface area contributed by atoms with Crippen LogP contribution < -0.4 is 26.4 Å². The second-order valence-corrected chi connectivity index (χ2v) is 11.6. The Labute approximate surface area is 248 Å². The zero-order valence-corrected chi connectivity index (χ0v) is 24.5. The number of benzene rings is 1. The molecule has 12 heteroatoms. The van der Waals surface area contributed by atoms with Crippen molar-refractivity contribution in [2.45, 2.75) is 56.5 Å². The number of hydrogen-bond acceptors (Lipinski definition) is 9. The van der Waals surface area contributed by atoms with Crippen LogP contribution in [0.5, 0.6) is 0 Å². The number of anilines is 2. The van der Waals surface area contributed by atoms with E-state index in [1.165, 1.54) is 30.0 Å². The quantitative estimate of drug-likeness (QED) is 0.133. The zero-order valence-electron chi connectivity index (χ0n) is 24.5. The average Bonchev–Trinajstić information content (AvgIpc) is 3.37. The van der Waals surface area contributed by atoms with Gasteiger partial charge >= 0.3 is 5.97 Å². The molecule has 0 aliphatic heterocycles. The molecule has 1 unspecified atom stereocenters. The third kappa shape index (κ3) is 6.75. The fraction of sp³-hybridized carbons (Fsp3) is 0.419. The molecule has 2 aromatic heterocycles. The maximum Gasteiger partial charge on any atom is 0.330 e. The van der Waals surface area contributed by atoms with Crippen molar-refractivity contribution in [1.29, 1.82) is 0 Å². The Bertz CT molecular complexity index is 1590. The number of pyridine rings is 1. The van der Waals surface area contributed by atoms with Crippen LogP contribution in [0.3, 0.4) is 0 Å². The number of carbonyl (C=O) groups excluding carboxylic acids is 3. The van der Waals surface area contributed by atoms with Gasteiger partial charge in [0.1, 0.15) is 24.0 Å². The molecule has 2 amide bonds. The van der Waals surface area contributed by atoms with Crippen LogP contribution in [-0.4, -0.2) is 66.5 Å². The summed E-state index contributed by atoms with van der Waals surface area (Å²) in [6, 6.07) is 9.42. The Morgan fingerprint density at radius 2 is 1.98 bits per heavy atom. The Morgan fingerprint density at radius 3 is 2.65 bits per heavy atom. The van der Waals surface area contributed by atoms with Crippen molar-refractivity contribution in [3.8, 4) is 0 Å². The first-order valence-electron chi connectivity index (χ1n) is 14.3. The van der Waals surface area contributed by atoms with Crippen LogP contribution in [0.15, 0.2) is 64.0 Å². The van der Waals surface area contributed by atoms with E-state index in [9.17, 15) is 24.3 Å². The maximum absolute atomic E-state index is 13.2. The number of aliphatic hydroxyl groups is 1. The van der Waals surface area contributed by atoms with Crippen molar-refractivity contribution < 1.29 is 28.6 Å². The van der Waals surface area contributed by atoms with Crippen molar-refractivity contribution in [3.05, 3.63) is 70.9 Å². The van der Waals surface area contributed by atoms with Gasteiger partial charge in [-0.1, -0.05) is 6.08 Å². The number of ether oxygens (including phenoxy) is 1. The Balaban J connectivity index is 1.28. The van der Waals surface area contributed by atoms with Crippen LogP contribution in [0.2, 0.25) is 0 Å². The molecule has 0 saturated heterocycles. The van der Waals surface area contributed by atoms with Crippen molar-refractivity contribution in [3.63, 3.8) is 0 Å². The highest BCUT2D eigenvalue weighted by molar-refractivity contribution is 5.96. The molecule has 2 heterocycles. The van der Waals surface area contributed by atoms with E-state index in [1.54, 1.807) is 18.2 Å². The van der Waals surface area contributed by atoms with Gasteiger partial charge < -0.3 is 39.7 Å². The average molecular weight is 592 g/mol. The number of amides is 2. The standard InChI is InChI=1S/C31H37N5O7/c1-35(2)21-11-10-20-13-25(43-24(20)14-21)29(40)32-22(7-4-5-9-27(38)42-3)28(39)33-23-8-6-12-36(30(23)41)18-26(37)34-31-15-19(16-31)17-31/h5-6,8-14,19,22,28,33,39H,4,7,15-18H2,1-3H3,(H,32,40)(H,34,37)/b9-5+/t19?,22-,28?,31?/m0/s1. The SMILES string of the molecule is COC(=O)/C=C/CC[C@H](NC(=O)c1cc2ccc(N(C)C)cc2o1)C(O)Nc1cccn(CC(=O)NC23CC(C2)C3)c1=O. The fourth-order valence-corrected chi connectivity index (χ4v) is 5.63. The van der Waals surface area contributed by atoms with Gasteiger partial charge in [0.05, 0.1) is 13.2 Å². The largest absolute Gasteiger partial charge is 0.466 e. The lowest BCUT2D eigenvalue weighted by Crippen LogP contribution is -2.68. The minimum atomic E-state index is -1.39. The number of carbonyl (C=O) groups is 3. The Kier molecular flexibility index (Phi) is 8.58. The molecule has 2 bridgehead atoms. The van der Waals surface area contributed by atoms with Gasteiger partial charge in [0.25, 0.3) is 11.5 Å².